The van der Waals surface area contributed by atoms with Crippen LogP contribution in [0.25, 0.3) is 12.3 Å². The Morgan fingerprint density at radius 2 is 1.95 bits per heavy atom. The van der Waals surface area contributed by atoms with Crippen LogP contribution in [0, 0.1) is 17.1 Å². The Bertz CT molecular complexity index is 1510. The van der Waals surface area contributed by atoms with Crippen molar-refractivity contribution in [1.29, 1.82) is 5.26 Å². The molecule has 6 nitrogen and oxygen atoms in total. The summed E-state index contributed by atoms with van der Waals surface area (Å²) in [6.45, 7) is 7.50. The number of nitrogens with two attached hydrogens (primary N) is 1. The van der Waals surface area contributed by atoms with Gasteiger partial charge in [0.05, 0.1) is 30.1 Å². The molecule has 2 N–H and O–H groups in total. The summed E-state index contributed by atoms with van der Waals surface area (Å²) in [4.78, 5) is 14.2. The Hall–Kier alpha value is -4.51. The number of amides is 1. The minimum atomic E-state index is -0.727. The smallest absolute Gasteiger partial charge is 0.228 e. The summed E-state index contributed by atoms with van der Waals surface area (Å²) in [5.74, 6) is -0.381. The number of ether oxygens (including phenoxy) is 2. The molecule has 186 valence electrons. The third kappa shape index (κ3) is 5.84. The van der Waals surface area contributed by atoms with E-state index >= 15 is 4.39 Å². The maximum Gasteiger partial charge on any atom is 0.228 e. The second-order valence-corrected chi connectivity index (χ2v) is 8.17. The Kier molecular flexibility index (Phi) is 8.75. The van der Waals surface area contributed by atoms with Gasteiger partial charge in [-0.3, -0.25) is 9.69 Å². The maximum absolute atomic E-state index is 15.2. The van der Waals surface area contributed by atoms with E-state index in [1.807, 2.05) is 31.2 Å². The lowest BCUT2D eigenvalue weighted by atomic mass is 9.91. The summed E-state index contributed by atoms with van der Waals surface area (Å²) < 4.78 is 26.7. The van der Waals surface area contributed by atoms with Crippen LogP contribution >= 0.6 is 0 Å². The summed E-state index contributed by atoms with van der Waals surface area (Å²) in [5, 5.41) is 10.1. The van der Waals surface area contributed by atoms with Crippen LogP contribution in [0.15, 0.2) is 66.4 Å². The normalized spacial score (nSPS) is 11.9. The second-order valence-electron chi connectivity index (χ2n) is 8.17. The van der Waals surface area contributed by atoms with Crippen molar-refractivity contribution in [2.24, 2.45) is 5.73 Å². The SMILES string of the molecule is [B]c1ccccc1COc1c/c(=C(/C(=C\N)CC)N(C(C)=O)c2ccc(C#N)cc2F)c(=C)cc1OC. The molecule has 3 rings (SSSR count). The van der Waals surface area contributed by atoms with Crippen LogP contribution in [0.4, 0.5) is 10.1 Å². The monoisotopic (exact) mass is 495 g/mol. The number of carbonyl (C=O) groups excluding carboxylic acids is 1. The molecule has 0 unspecified atom stereocenters. The number of anilines is 1. The lowest BCUT2D eigenvalue weighted by Crippen LogP contribution is -2.38. The van der Waals surface area contributed by atoms with E-state index in [1.54, 1.807) is 18.2 Å². The first-order chi connectivity index (χ1) is 17.7. The number of methoxy groups -OCH3 is 1. The highest BCUT2D eigenvalue weighted by molar-refractivity contribution is 6.33. The number of nitriles is 1. The van der Waals surface area contributed by atoms with Gasteiger partial charge in [0.2, 0.25) is 5.91 Å². The van der Waals surface area contributed by atoms with Crippen molar-refractivity contribution in [2.75, 3.05) is 12.0 Å². The van der Waals surface area contributed by atoms with Crippen molar-refractivity contribution in [3.8, 4) is 17.6 Å². The topological polar surface area (TPSA) is 88.6 Å². The van der Waals surface area contributed by atoms with Crippen LogP contribution in [0.1, 0.15) is 31.4 Å². The molecule has 0 fully saturated rings. The van der Waals surface area contributed by atoms with Crippen molar-refractivity contribution >= 4 is 37.2 Å². The average Bonchev–Trinajstić information content (AvgIpc) is 2.89. The van der Waals surface area contributed by atoms with Gasteiger partial charge in [-0.2, -0.15) is 5.26 Å². The molecule has 3 aromatic rings. The van der Waals surface area contributed by atoms with Crippen molar-refractivity contribution in [3.05, 3.63) is 93.8 Å². The van der Waals surface area contributed by atoms with E-state index in [0.29, 0.717) is 45.1 Å². The Balaban J connectivity index is 2.31. The molecule has 0 heterocycles. The molecule has 0 aromatic heterocycles. The first-order valence-electron chi connectivity index (χ1n) is 11.5. The van der Waals surface area contributed by atoms with Gasteiger partial charge in [0.15, 0.2) is 11.5 Å². The zero-order valence-electron chi connectivity index (χ0n) is 21.0. The standard InChI is InChI=1S/C29H27BFN3O3/c1-5-21(16-33)29(34(19(3)35)26-11-10-20(15-32)13-25(26)31)23-14-28(27(36-4)12-18(23)2)37-17-22-8-6-7-9-24(22)30/h6-14,16H,2,5,17,33H2,1,3-4H3/b21-16-,29-23+. The largest absolute Gasteiger partial charge is 0.493 e. The van der Waals surface area contributed by atoms with Crippen molar-refractivity contribution in [1.82, 2.24) is 0 Å². The summed E-state index contributed by atoms with van der Waals surface area (Å²) in [6, 6.07) is 16.5. The lowest BCUT2D eigenvalue weighted by Gasteiger charge is -2.27. The van der Waals surface area contributed by atoms with Gasteiger partial charge in [-0.25, -0.2) is 4.39 Å². The van der Waals surface area contributed by atoms with Crippen LogP contribution in [-0.4, -0.2) is 20.9 Å². The number of carbonyl (C=O) groups is 1. The number of benzene rings is 3. The zero-order chi connectivity index (χ0) is 27.1. The van der Waals surface area contributed by atoms with E-state index in [4.69, 9.17) is 28.3 Å². The minimum absolute atomic E-state index is 0.0240. The van der Waals surface area contributed by atoms with E-state index in [9.17, 15) is 4.79 Å². The number of hydrogen-bond acceptors (Lipinski definition) is 5. The number of nitrogens with zero attached hydrogens (tertiary/aromatic N) is 2. The molecular formula is C29H27BFN3O3. The van der Waals surface area contributed by atoms with Gasteiger partial charge >= 0.3 is 0 Å². The molecular weight excluding hydrogens is 468 g/mol. The highest BCUT2D eigenvalue weighted by Crippen LogP contribution is 2.30. The molecule has 0 spiro atoms. The van der Waals surface area contributed by atoms with Crippen LogP contribution in [0.5, 0.6) is 11.5 Å². The van der Waals surface area contributed by atoms with E-state index in [0.717, 1.165) is 11.6 Å². The van der Waals surface area contributed by atoms with Gasteiger partial charge in [0.25, 0.3) is 0 Å². The molecule has 0 saturated carbocycles. The molecule has 0 atom stereocenters. The third-order valence-corrected chi connectivity index (χ3v) is 5.83. The van der Waals surface area contributed by atoms with Gasteiger partial charge in [-0.05, 0) is 59.3 Å². The molecule has 8 heteroatoms. The Morgan fingerprint density at radius 1 is 1.22 bits per heavy atom. The number of halogens is 1. The van der Waals surface area contributed by atoms with Gasteiger partial charge in [-0.15, -0.1) is 0 Å². The van der Waals surface area contributed by atoms with Crippen LogP contribution in [0.2, 0.25) is 0 Å². The molecule has 3 aromatic carbocycles. The Morgan fingerprint density at radius 3 is 2.51 bits per heavy atom. The molecule has 0 saturated heterocycles. The van der Waals surface area contributed by atoms with Crippen LogP contribution in [0.3, 0.4) is 0 Å². The van der Waals surface area contributed by atoms with E-state index in [-0.39, 0.29) is 17.9 Å². The summed E-state index contributed by atoms with van der Waals surface area (Å²) in [7, 11) is 7.57. The minimum Gasteiger partial charge on any atom is -0.493 e. The maximum atomic E-state index is 15.2. The van der Waals surface area contributed by atoms with Gasteiger partial charge in [0.1, 0.15) is 20.3 Å². The fraction of sp³-hybridized carbons (Fsp3) is 0.172. The predicted molar refractivity (Wildman–Crippen MR) is 144 cm³/mol. The van der Waals surface area contributed by atoms with Crippen molar-refractivity contribution < 1.29 is 18.7 Å². The van der Waals surface area contributed by atoms with Crippen LogP contribution < -0.4 is 36.0 Å². The number of hydrogen-bond donors (Lipinski definition) is 1. The molecule has 1 amide bonds. The average molecular weight is 495 g/mol. The molecule has 0 aliphatic rings. The fourth-order valence-corrected chi connectivity index (χ4v) is 3.92. The highest BCUT2D eigenvalue weighted by Gasteiger charge is 2.24. The van der Waals surface area contributed by atoms with Gasteiger partial charge < -0.3 is 15.2 Å². The highest BCUT2D eigenvalue weighted by atomic mass is 19.1. The molecule has 37 heavy (non-hydrogen) atoms. The first kappa shape index (κ1) is 27.1. The summed E-state index contributed by atoms with van der Waals surface area (Å²) in [5.41, 5.74) is 8.37. The van der Waals surface area contributed by atoms with Crippen molar-refractivity contribution in [3.63, 3.8) is 0 Å². The Labute approximate surface area is 217 Å². The van der Waals surface area contributed by atoms with E-state index in [1.165, 1.54) is 37.3 Å². The van der Waals surface area contributed by atoms with Gasteiger partial charge in [0, 0.05) is 12.1 Å². The quantitative estimate of drug-likeness (QED) is 0.486. The van der Waals surface area contributed by atoms with E-state index < -0.39 is 11.7 Å². The molecule has 2 radical (unpaired) electrons. The zero-order valence-corrected chi connectivity index (χ0v) is 21.0. The predicted octanol–water partition coefficient (Wildman–Crippen LogP) is 2.90. The van der Waals surface area contributed by atoms with Crippen molar-refractivity contribution in [2.45, 2.75) is 26.9 Å². The fourth-order valence-electron chi connectivity index (χ4n) is 3.92. The third-order valence-electron chi connectivity index (χ3n) is 5.83. The van der Waals surface area contributed by atoms with Gasteiger partial charge in [-0.1, -0.05) is 43.2 Å². The summed E-state index contributed by atoms with van der Waals surface area (Å²) >= 11 is 0. The second kappa shape index (κ2) is 12.0. The number of rotatable bonds is 8. The lowest BCUT2D eigenvalue weighted by molar-refractivity contribution is -0.115. The molecule has 0 bridgehead atoms. The van der Waals surface area contributed by atoms with Crippen LogP contribution in [-0.2, 0) is 11.4 Å². The summed E-state index contributed by atoms with van der Waals surface area (Å²) in [6.07, 6.45) is 1.82. The molecule has 0 aliphatic heterocycles. The van der Waals surface area contributed by atoms with E-state index in [2.05, 4.69) is 6.58 Å². The first-order valence-corrected chi connectivity index (χ1v) is 11.5. The molecule has 0 aliphatic carbocycles.